The first kappa shape index (κ1) is 24.7. The third kappa shape index (κ3) is 8.67. The Bertz CT molecular complexity index is 933. The van der Waals surface area contributed by atoms with Gasteiger partial charge in [0.25, 0.3) is 5.91 Å². The molecule has 8 heteroatoms. The Balaban J connectivity index is 1.78. The number of aliphatic imine (C=N–C) groups is 1. The number of hydrogen-bond acceptors (Lipinski definition) is 4. The molecule has 0 aliphatic carbocycles. The van der Waals surface area contributed by atoms with Crippen LogP contribution < -0.4 is 21.3 Å². The zero-order valence-electron chi connectivity index (χ0n) is 19.4. The Morgan fingerprint density at radius 3 is 2.34 bits per heavy atom. The second-order valence-electron chi connectivity index (χ2n) is 8.21. The summed E-state index contributed by atoms with van der Waals surface area (Å²) in [7, 11) is 3.33. The molecule has 8 nitrogen and oxygen atoms in total. The number of carbonyl (C=O) groups is 2. The minimum atomic E-state index is -0.533. The van der Waals surface area contributed by atoms with Gasteiger partial charge in [0, 0.05) is 38.4 Å². The van der Waals surface area contributed by atoms with Crippen LogP contribution in [0.5, 0.6) is 0 Å². The molecule has 0 saturated carbocycles. The minimum absolute atomic E-state index is 0.110. The van der Waals surface area contributed by atoms with Crippen LogP contribution in [0.4, 0.5) is 10.5 Å². The lowest BCUT2D eigenvalue weighted by Crippen LogP contribution is -2.37. The molecule has 32 heavy (non-hydrogen) atoms. The first-order valence-corrected chi connectivity index (χ1v) is 10.5. The van der Waals surface area contributed by atoms with Crippen molar-refractivity contribution in [3.8, 4) is 0 Å². The fraction of sp³-hybridized carbons (Fsp3) is 0.375. The number of amides is 2. The fourth-order valence-corrected chi connectivity index (χ4v) is 2.87. The van der Waals surface area contributed by atoms with Crippen LogP contribution in [0.1, 0.15) is 42.3 Å². The summed E-state index contributed by atoms with van der Waals surface area (Å²) in [5, 5.41) is 11.9. The van der Waals surface area contributed by atoms with Crippen molar-refractivity contribution in [2.75, 3.05) is 26.0 Å². The summed E-state index contributed by atoms with van der Waals surface area (Å²) in [6.45, 7) is 6.72. The highest BCUT2D eigenvalue weighted by molar-refractivity contribution is 5.94. The number of hydrogen-bond donors (Lipinski definition) is 4. The number of guanidine groups is 1. The van der Waals surface area contributed by atoms with Gasteiger partial charge in [0.2, 0.25) is 0 Å². The van der Waals surface area contributed by atoms with E-state index in [4.69, 9.17) is 4.74 Å². The van der Waals surface area contributed by atoms with Crippen molar-refractivity contribution >= 4 is 23.6 Å². The van der Waals surface area contributed by atoms with Crippen molar-refractivity contribution in [2.45, 2.75) is 39.3 Å². The van der Waals surface area contributed by atoms with Crippen molar-refractivity contribution in [3.05, 3.63) is 65.2 Å². The van der Waals surface area contributed by atoms with Crippen LogP contribution in [0, 0.1) is 0 Å². The number of nitrogens with zero attached hydrogens (tertiary/aromatic N) is 1. The Kier molecular flexibility index (Phi) is 9.07. The van der Waals surface area contributed by atoms with Crippen LogP contribution >= 0.6 is 0 Å². The maximum atomic E-state index is 11.8. The van der Waals surface area contributed by atoms with Crippen LogP contribution in [0.15, 0.2) is 53.5 Å². The summed E-state index contributed by atoms with van der Waals surface area (Å²) in [6, 6.07) is 15.1. The Morgan fingerprint density at radius 2 is 1.72 bits per heavy atom. The van der Waals surface area contributed by atoms with E-state index in [2.05, 4.69) is 26.3 Å². The van der Waals surface area contributed by atoms with E-state index in [1.807, 2.05) is 63.2 Å². The molecule has 0 radical (unpaired) electrons. The summed E-state index contributed by atoms with van der Waals surface area (Å²) in [4.78, 5) is 27.8. The molecule has 0 heterocycles. The van der Waals surface area contributed by atoms with E-state index in [0.29, 0.717) is 30.3 Å². The lowest BCUT2D eigenvalue weighted by molar-refractivity contribution is 0.0635. The normalized spacial score (nSPS) is 11.5. The molecule has 0 saturated heterocycles. The van der Waals surface area contributed by atoms with E-state index < -0.39 is 11.7 Å². The van der Waals surface area contributed by atoms with Crippen molar-refractivity contribution < 1.29 is 14.3 Å². The van der Waals surface area contributed by atoms with E-state index in [1.165, 1.54) is 0 Å². The number of anilines is 1. The minimum Gasteiger partial charge on any atom is -0.444 e. The van der Waals surface area contributed by atoms with Gasteiger partial charge in [-0.15, -0.1) is 0 Å². The van der Waals surface area contributed by atoms with Crippen molar-refractivity contribution in [1.29, 1.82) is 0 Å². The lowest BCUT2D eigenvalue weighted by atomic mass is 10.1. The smallest absolute Gasteiger partial charge is 0.412 e. The van der Waals surface area contributed by atoms with E-state index in [1.54, 1.807) is 20.2 Å². The largest absolute Gasteiger partial charge is 0.444 e. The maximum absolute atomic E-state index is 11.8. The summed E-state index contributed by atoms with van der Waals surface area (Å²) in [5.41, 5.74) is 2.89. The van der Waals surface area contributed by atoms with Crippen LogP contribution in [-0.2, 0) is 17.7 Å². The maximum Gasteiger partial charge on any atom is 0.412 e. The molecule has 0 atom stereocenters. The van der Waals surface area contributed by atoms with Crippen LogP contribution in [0.2, 0.25) is 0 Å². The molecule has 0 unspecified atom stereocenters. The van der Waals surface area contributed by atoms with Gasteiger partial charge in [0.1, 0.15) is 5.60 Å². The number of benzene rings is 2. The predicted octanol–water partition coefficient (Wildman–Crippen LogP) is 3.30. The molecule has 0 spiro atoms. The van der Waals surface area contributed by atoms with Crippen molar-refractivity contribution in [3.63, 3.8) is 0 Å². The standard InChI is InChI=1S/C24H33N5O3/c1-24(2,3)32-23(31)29-20-11-9-17(10-12-20)13-14-27-22(26-5)28-16-18-7-6-8-19(15-18)21(30)25-4/h6-12,15H,13-14,16H2,1-5H3,(H,25,30)(H,29,31)(H2,26,27,28). The molecule has 2 rings (SSSR count). The topological polar surface area (TPSA) is 104 Å². The average molecular weight is 440 g/mol. The molecule has 0 aliphatic rings. The van der Waals surface area contributed by atoms with Gasteiger partial charge >= 0.3 is 6.09 Å². The summed E-state index contributed by atoms with van der Waals surface area (Å²) < 4.78 is 5.25. The number of nitrogens with one attached hydrogen (secondary N) is 4. The SMILES string of the molecule is CN=C(NCCc1ccc(NC(=O)OC(C)(C)C)cc1)NCc1cccc(C(=O)NC)c1. The van der Waals surface area contributed by atoms with Gasteiger partial charge in [-0.2, -0.15) is 0 Å². The molecule has 2 aromatic carbocycles. The van der Waals surface area contributed by atoms with Crippen LogP contribution in [0.25, 0.3) is 0 Å². The van der Waals surface area contributed by atoms with Crippen LogP contribution in [0.3, 0.4) is 0 Å². The second-order valence-corrected chi connectivity index (χ2v) is 8.21. The monoisotopic (exact) mass is 439 g/mol. The molecule has 0 aliphatic heterocycles. The second kappa shape index (κ2) is 11.7. The number of ether oxygens (including phenoxy) is 1. The number of rotatable bonds is 7. The van der Waals surface area contributed by atoms with Crippen LogP contribution in [-0.4, -0.2) is 44.2 Å². The first-order valence-electron chi connectivity index (χ1n) is 10.5. The molecular formula is C24H33N5O3. The Labute approximate surface area is 189 Å². The first-order chi connectivity index (χ1) is 15.2. The third-order valence-corrected chi connectivity index (χ3v) is 4.41. The summed E-state index contributed by atoms with van der Waals surface area (Å²) in [5.74, 6) is 0.570. The number of carbonyl (C=O) groups excluding carboxylic acids is 2. The van der Waals surface area contributed by atoms with E-state index in [0.717, 1.165) is 17.5 Å². The molecule has 0 bridgehead atoms. The third-order valence-electron chi connectivity index (χ3n) is 4.41. The highest BCUT2D eigenvalue weighted by atomic mass is 16.6. The highest BCUT2D eigenvalue weighted by Gasteiger charge is 2.16. The van der Waals surface area contributed by atoms with Gasteiger partial charge in [-0.05, 0) is 62.6 Å². The molecular weight excluding hydrogens is 406 g/mol. The van der Waals surface area contributed by atoms with Gasteiger partial charge in [0.05, 0.1) is 0 Å². The molecule has 172 valence electrons. The zero-order valence-corrected chi connectivity index (χ0v) is 19.4. The lowest BCUT2D eigenvalue weighted by Gasteiger charge is -2.19. The van der Waals surface area contributed by atoms with E-state index in [9.17, 15) is 9.59 Å². The fourth-order valence-electron chi connectivity index (χ4n) is 2.87. The van der Waals surface area contributed by atoms with Crippen molar-refractivity contribution in [1.82, 2.24) is 16.0 Å². The molecule has 2 amide bonds. The van der Waals surface area contributed by atoms with Gasteiger partial charge in [-0.1, -0.05) is 24.3 Å². The van der Waals surface area contributed by atoms with Gasteiger partial charge in [0.15, 0.2) is 5.96 Å². The Morgan fingerprint density at radius 1 is 1.00 bits per heavy atom. The average Bonchev–Trinajstić information content (AvgIpc) is 2.75. The van der Waals surface area contributed by atoms with Gasteiger partial charge in [-0.3, -0.25) is 15.1 Å². The summed E-state index contributed by atoms with van der Waals surface area (Å²) >= 11 is 0. The van der Waals surface area contributed by atoms with Crippen molar-refractivity contribution in [2.24, 2.45) is 4.99 Å². The molecule has 2 aromatic rings. The molecule has 4 N–H and O–H groups in total. The zero-order chi connectivity index (χ0) is 23.6. The van der Waals surface area contributed by atoms with E-state index in [-0.39, 0.29) is 5.91 Å². The predicted molar refractivity (Wildman–Crippen MR) is 128 cm³/mol. The van der Waals surface area contributed by atoms with Gasteiger partial charge in [-0.25, -0.2) is 4.79 Å². The van der Waals surface area contributed by atoms with E-state index >= 15 is 0 Å². The Hall–Kier alpha value is -3.55. The summed E-state index contributed by atoms with van der Waals surface area (Å²) in [6.07, 6.45) is 0.321. The highest BCUT2D eigenvalue weighted by Crippen LogP contribution is 2.13. The molecule has 0 aromatic heterocycles. The quantitative estimate of drug-likeness (QED) is 0.391. The van der Waals surface area contributed by atoms with Gasteiger partial charge < -0.3 is 20.7 Å². The molecule has 0 fully saturated rings.